The van der Waals surface area contributed by atoms with Crippen LogP contribution < -0.4 is 11.1 Å². The third kappa shape index (κ3) is 3.78. The van der Waals surface area contributed by atoms with Gasteiger partial charge in [-0.2, -0.15) is 0 Å². The number of hydrogen-bond acceptors (Lipinski definition) is 3. The number of benzene rings is 1. The Hall–Kier alpha value is -1.39. The number of amides is 1. The summed E-state index contributed by atoms with van der Waals surface area (Å²) >= 11 is 0. The number of anilines is 1. The third-order valence-electron chi connectivity index (χ3n) is 3.60. The van der Waals surface area contributed by atoms with Crippen molar-refractivity contribution in [3.63, 3.8) is 0 Å². The normalized spacial score (nSPS) is 15.5. The van der Waals surface area contributed by atoms with Crippen LogP contribution in [0.25, 0.3) is 0 Å². The van der Waals surface area contributed by atoms with Gasteiger partial charge < -0.3 is 16.0 Å². The predicted octanol–water partition coefficient (Wildman–Crippen LogP) is 1.25. The summed E-state index contributed by atoms with van der Waals surface area (Å²) in [5, 5.41) is 2.86. The lowest BCUT2D eigenvalue weighted by atomic mass is 10.1. The fourth-order valence-electron chi connectivity index (χ4n) is 2.46. The fourth-order valence-corrected chi connectivity index (χ4v) is 2.46. The van der Waals surface area contributed by atoms with Crippen LogP contribution in [0.3, 0.4) is 0 Å². The van der Waals surface area contributed by atoms with Gasteiger partial charge in [0.25, 0.3) is 0 Å². The molecule has 1 heterocycles. The van der Waals surface area contributed by atoms with Gasteiger partial charge in [0.15, 0.2) is 0 Å². The lowest BCUT2D eigenvalue weighted by Crippen LogP contribution is -2.30. The lowest BCUT2D eigenvalue weighted by molar-refractivity contribution is -0.115. The zero-order valence-electron chi connectivity index (χ0n) is 11.8. The van der Waals surface area contributed by atoms with E-state index in [0.717, 1.165) is 37.3 Å². The van der Waals surface area contributed by atoms with Crippen LogP contribution in [0.5, 0.6) is 0 Å². The first-order chi connectivity index (χ1) is 9.08. The van der Waals surface area contributed by atoms with Crippen molar-refractivity contribution in [2.45, 2.75) is 19.8 Å². The Labute approximate surface area is 115 Å². The Morgan fingerprint density at radius 1 is 1.47 bits per heavy atom. The molecule has 104 valence electrons. The smallest absolute Gasteiger partial charge is 0.228 e. The van der Waals surface area contributed by atoms with Gasteiger partial charge in [0.1, 0.15) is 0 Å². The van der Waals surface area contributed by atoms with Gasteiger partial charge in [-0.3, -0.25) is 4.79 Å². The van der Waals surface area contributed by atoms with Crippen LogP contribution in [0.4, 0.5) is 5.69 Å². The van der Waals surface area contributed by atoms with Crippen molar-refractivity contribution < 1.29 is 4.79 Å². The summed E-state index contributed by atoms with van der Waals surface area (Å²) in [5.41, 5.74) is 9.03. The molecule has 1 aliphatic rings. The quantitative estimate of drug-likeness (QED) is 0.810. The van der Waals surface area contributed by atoms with E-state index in [0.29, 0.717) is 12.3 Å². The third-order valence-corrected chi connectivity index (χ3v) is 3.60. The molecular formula is C15H23N3O. The van der Waals surface area contributed by atoms with Crippen molar-refractivity contribution in [1.29, 1.82) is 0 Å². The lowest BCUT2D eigenvalue weighted by Gasteiger charge is -2.20. The number of carbonyl (C=O) groups is 1. The highest BCUT2D eigenvalue weighted by molar-refractivity contribution is 5.99. The first-order valence-electron chi connectivity index (χ1n) is 6.88. The molecule has 1 unspecified atom stereocenters. The maximum Gasteiger partial charge on any atom is 0.228 e. The number of nitrogens with one attached hydrogen (secondary N) is 1. The predicted molar refractivity (Wildman–Crippen MR) is 78.2 cm³/mol. The molecule has 4 nitrogen and oxygen atoms in total. The molecule has 4 heteroatoms. The van der Waals surface area contributed by atoms with Crippen molar-refractivity contribution in [3.05, 3.63) is 29.3 Å². The summed E-state index contributed by atoms with van der Waals surface area (Å²) in [6.45, 7) is 4.95. The maximum atomic E-state index is 11.3. The zero-order valence-corrected chi connectivity index (χ0v) is 11.8. The summed E-state index contributed by atoms with van der Waals surface area (Å²) in [6, 6.07) is 6.26. The standard InChI is InChI=1S/C15H23N3O/c1-11(9-16)10-18(2)6-5-12-3-4-14-13(7-12)8-15(19)17-14/h3-4,7,11H,5-6,8-10,16H2,1-2H3,(H,17,19). The van der Waals surface area contributed by atoms with Crippen LogP contribution in [0, 0.1) is 5.92 Å². The summed E-state index contributed by atoms with van der Waals surface area (Å²) < 4.78 is 0. The van der Waals surface area contributed by atoms with Gasteiger partial charge in [-0.15, -0.1) is 0 Å². The highest BCUT2D eigenvalue weighted by Crippen LogP contribution is 2.24. The number of nitrogens with two attached hydrogens (primary N) is 1. The van der Waals surface area contributed by atoms with E-state index in [1.165, 1.54) is 5.56 Å². The Kier molecular flexibility index (Phi) is 4.56. The Balaban J connectivity index is 1.87. The second-order valence-corrected chi connectivity index (χ2v) is 5.57. The van der Waals surface area contributed by atoms with Gasteiger partial charge in [-0.1, -0.05) is 19.1 Å². The molecule has 0 bridgehead atoms. The molecular weight excluding hydrogens is 238 g/mol. The summed E-state index contributed by atoms with van der Waals surface area (Å²) in [4.78, 5) is 13.6. The molecule has 1 atom stereocenters. The van der Waals surface area contributed by atoms with Gasteiger partial charge in [0.05, 0.1) is 6.42 Å². The Morgan fingerprint density at radius 3 is 3.00 bits per heavy atom. The zero-order chi connectivity index (χ0) is 13.8. The highest BCUT2D eigenvalue weighted by atomic mass is 16.1. The van der Waals surface area contributed by atoms with Gasteiger partial charge in [-0.25, -0.2) is 0 Å². The molecule has 0 spiro atoms. The van der Waals surface area contributed by atoms with Crippen molar-refractivity contribution in [1.82, 2.24) is 4.90 Å². The first-order valence-corrected chi connectivity index (χ1v) is 6.88. The molecule has 1 aliphatic heterocycles. The average molecular weight is 261 g/mol. The number of fused-ring (bicyclic) bond motifs is 1. The van der Waals surface area contributed by atoms with Crippen molar-refractivity contribution in [2.24, 2.45) is 11.7 Å². The van der Waals surface area contributed by atoms with Crippen LogP contribution in [0.1, 0.15) is 18.1 Å². The van der Waals surface area contributed by atoms with E-state index in [2.05, 4.69) is 36.3 Å². The van der Waals surface area contributed by atoms with E-state index >= 15 is 0 Å². The summed E-state index contributed by atoms with van der Waals surface area (Å²) in [7, 11) is 2.13. The van der Waals surface area contributed by atoms with Crippen molar-refractivity contribution in [2.75, 3.05) is 32.0 Å². The van der Waals surface area contributed by atoms with Gasteiger partial charge in [-0.05, 0) is 43.1 Å². The number of nitrogens with zero attached hydrogens (tertiary/aromatic N) is 1. The highest BCUT2D eigenvalue weighted by Gasteiger charge is 2.17. The summed E-state index contributed by atoms with van der Waals surface area (Å²) in [6.07, 6.45) is 1.53. The number of likely N-dealkylation sites (N-methyl/N-ethyl adjacent to an activating group) is 1. The number of rotatable bonds is 6. The molecule has 3 N–H and O–H groups in total. The van der Waals surface area contributed by atoms with E-state index < -0.39 is 0 Å². The van der Waals surface area contributed by atoms with Crippen molar-refractivity contribution >= 4 is 11.6 Å². The number of carbonyl (C=O) groups excluding carboxylic acids is 1. The molecule has 0 fully saturated rings. The molecule has 0 aliphatic carbocycles. The minimum absolute atomic E-state index is 0.0982. The number of hydrogen-bond donors (Lipinski definition) is 2. The van der Waals surface area contributed by atoms with Crippen LogP contribution in [0.2, 0.25) is 0 Å². The first kappa shape index (κ1) is 14.0. The molecule has 0 saturated carbocycles. The molecule has 0 aromatic heterocycles. The topological polar surface area (TPSA) is 58.4 Å². The van der Waals surface area contributed by atoms with Crippen LogP contribution in [-0.2, 0) is 17.6 Å². The molecule has 1 amide bonds. The van der Waals surface area contributed by atoms with Gasteiger partial charge in [0.2, 0.25) is 5.91 Å². The molecule has 2 rings (SSSR count). The minimum Gasteiger partial charge on any atom is -0.330 e. The van der Waals surface area contributed by atoms with Gasteiger partial charge in [0, 0.05) is 18.8 Å². The molecule has 0 saturated heterocycles. The van der Waals surface area contributed by atoms with E-state index in [4.69, 9.17) is 5.73 Å². The second kappa shape index (κ2) is 6.17. The van der Waals surface area contributed by atoms with E-state index in [-0.39, 0.29) is 5.91 Å². The van der Waals surface area contributed by atoms with Crippen molar-refractivity contribution in [3.8, 4) is 0 Å². The SMILES string of the molecule is CC(CN)CN(C)CCc1ccc2c(c1)CC(=O)N2. The second-order valence-electron chi connectivity index (χ2n) is 5.57. The van der Waals surface area contributed by atoms with E-state index in [1.54, 1.807) is 0 Å². The monoisotopic (exact) mass is 261 g/mol. The van der Waals surface area contributed by atoms with E-state index in [9.17, 15) is 4.79 Å². The van der Waals surface area contributed by atoms with Gasteiger partial charge >= 0.3 is 0 Å². The van der Waals surface area contributed by atoms with Crippen LogP contribution >= 0.6 is 0 Å². The fraction of sp³-hybridized carbons (Fsp3) is 0.533. The van der Waals surface area contributed by atoms with E-state index in [1.807, 2.05) is 6.07 Å². The molecule has 1 aromatic rings. The Morgan fingerprint density at radius 2 is 2.26 bits per heavy atom. The summed E-state index contributed by atoms with van der Waals surface area (Å²) in [5.74, 6) is 0.632. The average Bonchev–Trinajstić information content (AvgIpc) is 2.75. The van der Waals surface area contributed by atoms with Crippen LogP contribution in [0.15, 0.2) is 18.2 Å². The molecule has 0 radical (unpaired) electrons. The minimum atomic E-state index is 0.0982. The van der Waals surface area contributed by atoms with Crippen LogP contribution in [-0.4, -0.2) is 37.5 Å². The Bertz CT molecular complexity index is 459. The maximum absolute atomic E-state index is 11.3. The molecule has 19 heavy (non-hydrogen) atoms. The largest absolute Gasteiger partial charge is 0.330 e. The molecule has 1 aromatic carbocycles.